The van der Waals surface area contributed by atoms with Crippen LogP contribution in [0.1, 0.15) is 52.0 Å². The van der Waals surface area contributed by atoms with Crippen LogP contribution < -0.4 is 15.4 Å². The number of carbonyl (C=O) groups is 2. The number of imide groups is 1. The lowest BCUT2D eigenvalue weighted by Gasteiger charge is -2.21. The first-order chi connectivity index (χ1) is 10.9. The first-order valence-electron chi connectivity index (χ1n) is 8.29. The van der Waals surface area contributed by atoms with Gasteiger partial charge in [0, 0.05) is 0 Å². The summed E-state index contributed by atoms with van der Waals surface area (Å²) in [7, 11) is 0. The molecule has 5 nitrogen and oxygen atoms in total. The molecule has 2 rings (SSSR count). The third-order valence-corrected chi connectivity index (χ3v) is 4.17. The molecule has 1 aliphatic heterocycles. The number of benzene rings is 1. The van der Waals surface area contributed by atoms with Gasteiger partial charge in [0.2, 0.25) is 0 Å². The largest absolute Gasteiger partial charge is 0.494 e. The van der Waals surface area contributed by atoms with E-state index >= 15 is 0 Å². The number of amides is 3. The summed E-state index contributed by atoms with van der Waals surface area (Å²) >= 11 is 0. The van der Waals surface area contributed by atoms with Crippen LogP contribution in [0.15, 0.2) is 24.3 Å². The van der Waals surface area contributed by atoms with Crippen molar-refractivity contribution < 1.29 is 14.3 Å². The zero-order chi connectivity index (χ0) is 16.9. The molecule has 0 radical (unpaired) electrons. The van der Waals surface area contributed by atoms with Crippen LogP contribution in [0.3, 0.4) is 0 Å². The summed E-state index contributed by atoms with van der Waals surface area (Å²) in [5, 5.41) is 4.91. The number of unbranched alkanes of at least 4 members (excludes halogenated alkanes) is 2. The lowest BCUT2D eigenvalue weighted by molar-refractivity contribution is -0.123. The van der Waals surface area contributed by atoms with Crippen LogP contribution >= 0.6 is 0 Å². The second-order valence-electron chi connectivity index (χ2n) is 6.65. The molecule has 23 heavy (non-hydrogen) atoms. The smallest absolute Gasteiger partial charge is 0.322 e. The highest BCUT2D eigenvalue weighted by atomic mass is 16.5. The predicted octanol–water partition coefficient (Wildman–Crippen LogP) is 3.34. The van der Waals surface area contributed by atoms with Crippen molar-refractivity contribution in [3.8, 4) is 5.75 Å². The molecule has 1 saturated heterocycles. The van der Waals surface area contributed by atoms with E-state index in [0.29, 0.717) is 6.61 Å². The maximum Gasteiger partial charge on any atom is 0.322 e. The third-order valence-electron chi connectivity index (χ3n) is 4.17. The van der Waals surface area contributed by atoms with Crippen molar-refractivity contribution in [3.05, 3.63) is 29.8 Å². The van der Waals surface area contributed by atoms with E-state index < -0.39 is 11.6 Å². The van der Waals surface area contributed by atoms with E-state index in [1.807, 2.05) is 24.3 Å². The second-order valence-corrected chi connectivity index (χ2v) is 6.65. The van der Waals surface area contributed by atoms with Crippen molar-refractivity contribution in [1.29, 1.82) is 0 Å². The highest BCUT2D eigenvalue weighted by Gasteiger charge is 2.43. The molecule has 5 heteroatoms. The van der Waals surface area contributed by atoms with Crippen molar-refractivity contribution in [2.45, 2.75) is 52.0 Å². The molecule has 0 bridgehead atoms. The van der Waals surface area contributed by atoms with Crippen molar-refractivity contribution >= 4 is 11.9 Å². The van der Waals surface area contributed by atoms with Gasteiger partial charge in [-0.25, -0.2) is 4.79 Å². The minimum atomic E-state index is -1.01. The van der Waals surface area contributed by atoms with Crippen molar-refractivity contribution in [2.75, 3.05) is 6.61 Å². The second kappa shape index (κ2) is 7.49. The highest BCUT2D eigenvalue weighted by Crippen LogP contribution is 2.26. The van der Waals surface area contributed by atoms with Crippen molar-refractivity contribution in [1.82, 2.24) is 10.6 Å². The Hall–Kier alpha value is -2.04. The first kappa shape index (κ1) is 17.3. The summed E-state index contributed by atoms with van der Waals surface area (Å²) < 4.78 is 5.72. The summed E-state index contributed by atoms with van der Waals surface area (Å²) in [6.45, 7) is 6.88. The number of hydrogen-bond donors (Lipinski definition) is 2. The van der Waals surface area contributed by atoms with E-state index in [1.54, 1.807) is 6.92 Å². The molecule has 0 saturated carbocycles. The lowest BCUT2D eigenvalue weighted by atomic mass is 9.92. The first-order valence-corrected chi connectivity index (χ1v) is 8.29. The van der Waals surface area contributed by atoms with Crippen LogP contribution in [-0.2, 0) is 10.3 Å². The Morgan fingerprint density at radius 3 is 2.35 bits per heavy atom. The van der Waals surface area contributed by atoms with Crippen molar-refractivity contribution in [3.63, 3.8) is 0 Å². The molecule has 0 spiro atoms. The van der Waals surface area contributed by atoms with Gasteiger partial charge in [-0.2, -0.15) is 0 Å². The van der Waals surface area contributed by atoms with E-state index in [1.165, 1.54) is 19.3 Å². The Labute approximate surface area is 137 Å². The van der Waals surface area contributed by atoms with Gasteiger partial charge in [-0.15, -0.1) is 0 Å². The summed E-state index contributed by atoms with van der Waals surface area (Å²) in [4.78, 5) is 23.2. The fraction of sp³-hybridized carbons (Fsp3) is 0.556. The van der Waals surface area contributed by atoms with Gasteiger partial charge < -0.3 is 10.1 Å². The average Bonchev–Trinajstić information content (AvgIpc) is 2.77. The van der Waals surface area contributed by atoms with Gasteiger partial charge in [0.15, 0.2) is 0 Å². The van der Waals surface area contributed by atoms with Crippen LogP contribution in [-0.4, -0.2) is 18.5 Å². The van der Waals surface area contributed by atoms with Crippen LogP contribution in [0, 0.1) is 5.92 Å². The SMILES string of the molecule is CC(C)CCCCCOc1ccc([C@@]2(C)NC(=O)NC2=O)cc1. The van der Waals surface area contributed by atoms with Crippen LogP contribution in [0.2, 0.25) is 0 Å². The topological polar surface area (TPSA) is 67.4 Å². The van der Waals surface area contributed by atoms with Gasteiger partial charge in [-0.05, 0) is 37.0 Å². The molecular formula is C18H26N2O3. The molecule has 1 aromatic rings. The van der Waals surface area contributed by atoms with E-state index in [0.717, 1.165) is 23.7 Å². The fourth-order valence-corrected chi connectivity index (χ4v) is 2.65. The fourth-order valence-electron chi connectivity index (χ4n) is 2.65. The number of ether oxygens (including phenoxy) is 1. The van der Waals surface area contributed by atoms with Gasteiger partial charge in [0.05, 0.1) is 6.61 Å². The highest BCUT2D eigenvalue weighted by molar-refractivity contribution is 6.07. The molecule has 1 aliphatic rings. The number of carbonyl (C=O) groups excluding carboxylic acids is 2. The molecule has 0 unspecified atom stereocenters. The van der Waals surface area contributed by atoms with Crippen LogP contribution in [0.4, 0.5) is 4.79 Å². The molecule has 1 aromatic carbocycles. The molecule has 2 N–H and O–H groups in total. The Morgan fingerprint density at radius 1 is 1.09 bits per heavy atom. The standard InChI is InChI=1S/C18H26N2O3/c1-13(2)7-5-4-6-12-23-15-10-8-14(9-11-15)18(3)16(21)19-17(22)20-18/h8-11,13H,4-7,12H2,1-3H3,(H2,19,20,21,22)/t18-/m1/s1. The maximum atomic E-state index is 11.9. The Kier molecular flexibility index (Phi) is 5.64. The van der Waals surface area contributed by atoms with Gasteiger partial charge in [-0.3, -0.25) is 10.1 Å². The maximum absolute atomic E-state index is 11.9. The molecule has 0 aliphatic carbocycles. The molecule has 1 atom stereocenters. The van der Waals surface area contributed by atoms with Gasteiger partial charge in [-0.1, -0.05) is 45.2 Å². The lowest BCUT2D eigenvalue weighted by Crippen LogP contribution is -2.40. The Morgan fingerprint density at radius 2 is 1.78 bits per heavy atom. The third kappa shape index (κ3) is 4.47. The zero-order valence-electron chi connectivity index (χ0n) is 14.1. The molecule has 1 heterocycles. The average molecular weight is 318 g/mol. The monoisotopic (exact) mass is 318 g/mol. The minimum absolute atomic E-state index is 0.332. The van der Waals surface area contributed by atoms with Gasteiger partial charge in [0.25, 0.3) is 5.91 Å². The number of urea groups is 1. The van der Waals surface area contributed by atoms with E-state index in [9.17, 15) is 9.59 Å². The Bertz CT molecular complexity index is 554. The molecule has 0 aromatic heterocycles. The summed E-state index contributed by atoms with van der Waals surface area (Å²) in [5.74, 6) is 1.21. The Balaban J connectivity index is 1.81. The van der Waals surface area contributed by atoms with Crippen LogP contribution in [0.5, 0.6) is 5.75 Å². The molecular weight excluding hydrogens is 292 g/mol. The van der Waals surface area contributed by atoms with Crippen LogP contribution in [0.25, 0.3) is 0 Å². The quantitative estimate of drug-likeness (QED) is 0.570. The number of rotatable bonds is 8. The number of hydrogen-bond acceptors (Lipinski definition) is 3. The van der Waals surface area contributed by atoms with E-state index in [-0.39, 0.29) is 5.91 Å². The van der Waals surface area contributed by atoms with E-state index in [2.05, 4.69) is 24.5 Å². The van der Waals surface area contributed by atoms with Gasteiger partial charge >= 0.3 is 6.03 Å². The molecule has 126 valence electrons. The summed E-state index contributed by atoms with van der Waals surface area (Å²) in [6, 6.07) is 6.86. The predicted molar refractivity (Wildman–Crippen MR) is 89.3 cm³/mol. The summed E-state index contributed by atoms with van der Waals surface area (Å²) in [6.07, 6.45) is 4.74. The molecule has 3 amide bonds. The van der Waals surface area contributed by atoms with Gasteiger partial charge in [0.1, 0.15) is 11.3 Å². The molecule has 1 fully saturated rings. The number of nitrogens with one attached hydrogen (secondary N) is 2. The van der Waals surface area contributed by atoms with E-state index in [4.69, 9.17) is 4.74 Å². The van der Waals surface area contributed by atoms with Crippen molar-refractivity contribution in [2.24, 2.45) is 5.92 Å². The summed E-state index contributed by atoms with van der Waals surface area (Å²) in [5.41, 5.74) is -0.267. The normalized spacial score (nSPS) is 20.5. The zero-order valence-corrected chi connectivity index (χ0v) is 14.1. The minimum Gasteiger partial charge on any atom is -0.494 e.